The lowest BCUT2D eigenvalue weighted by molar-refractivity contribution is -0.107. The molecule has 1 aromatic rings. The predicted molar refractivity (Wildman–Crippen MR) is 60.9 cm³/mol. The molecular formula is C13H18O3. The molecular weight excluding hydrogens is 204 g/mol. The molecule has 3 nitrogen and oxygen atoms in total. The summed E-state index contributed by atoms with van der Waals surface area (Å²) in [4.78, 5) is 0. The van der Waals surface area contributed by atoms with Crippen LogP contribution in [0.5, 0.6) is 0 Å². The van der Waals surface area contributed by atoms with E-state index in [1.165, 1.54) is 0 Å². The molecule has 1 aromatic carbocycles. The molecule has 1 aliphatic carbocycles. The van der Waals surface area contributed by atoms with Crippen molar-refractivity contribution in [3.63, 3.8) is 0 Å². The molecule has 0 heterocycles. The summed E-state index contributed by atoms with van der Waals surface area (Å²) in [5, 5.41) is 19.7. The van der Waals surface area contributed by atoms with Gasteiger partial charge in [0.2, 0.25) is 0 Å². The number of rotatable bonds is 4. The maximum Gasteiger partial charge on any atom is 0.114 e. The van der Waals surface area contributed by atoms with Gasteiger partial charge in [0.15, 0.2) is 0 Å². The van der Waals surface area contributed by atoms with Crippen LogP contribution in [0.2, 0.25) is 0 Å². The molecule has 1 aliphatic rings. The van der Waals surface area contributed by atoms with Gasteiger partial charge < -0.3 is 14.9 Å². The SMILES string of the molecule is OC1CCCC1(O)COCc1ccccc1. The zero-order valence-electron chi connectivity index (χ0n) is 9.30. The van der Waals surface area contributed by atoms with Crippen LogP contribution < -0.4 is 0 Å². The van der Waals surface area contributed by atoms with Gasteiger partial charge in [-0.1, -0.05) is 30.3 Å². The summed E-state index contributed by atoms with van der Waals surface area (Å²) in [6.45, 7) is 0.693. The fourth-order valence-electron chi connectivity index (χ4n) is 2.13. The van der Waals surface area contributed by atoms with E-state index in [9.17, 15) is 10.2 Å². The van der Waals surface area contributed by atoms with Gasteiger partial charge in [0, 0.05) is 0 Å². The standard InChI is InChI=1S/C13H18O3/c14-12-7-4-8-13(12,15)10-16-9-11-5-2-1-3-6-11/h1-3,5-6,12,14-15H,4,7-10H2. The Labute approximate surface area is 95.7 Å². The first kappa shape index (κ1) is 11.6. The van der Waals surface area contributed by atoms with E-state index in [4.69, 9.17) is 4.74 Å². The molecule has 0 bridgehead atoms. The molecule has 2 atom stereocenters. The van der Waals surface area contributed by atoms with Crippen LogP contribution in [0.1, 0.15) is 24.8 Å². The van der Waals surface area contributed by atoms with E-state index in [1.807, 2.05) is 30.3 Å². The van der Waals surface area contributed by atoms with E-state index in [0.717, 1.165) is 12.0 Å². The first-order chi connectivity index (χ1) is 7.71. The van der Waals surface area contributed by atoms with Gasteiger partial charge in [-0.05, 0) is 24.8 Å². The van der Waals surface area contributed by atoms with Crippen molar-refractivity contribution >= 4 is 0 Å². The second-order valence-electron chi connectivity index (χ2n) is 4.49. The Bertz CT molecular complexity index is 325. The van der Waals surface area contributed by atoms with Crippen molar-refractivity contribution in [1.29, 1.82) is 0 Å². The van der Waals surface area contributed by atoms with Gasteiger partial charge in [0.05, 0.1) is 19.3 Å². The van der Waals surface area contributed by atoms with Crippen LogP contribution in [0.25, 0.3) is 0 Å². The number of aliphatic hydroxyl groups excluding tert-OH is 1. The summed E-state index contributed by atoms with van der Waals surface area (Å²) < 4.78 is 5.47. The van der Waals surface area contributed by atoms with Crippen LogP contribution in [-0.4, -0.2) is 28.5 Å². The molecule has 0 radical (unpaired) electrons. The molecule has 0 aliphatic heterocycles. The topological polar surface area (TPSA) is 49.7 Å². The van der Waals surface area contributed by atoms with Gasteiger partial charge in [-0.15, -0.1) is 0 Å². The number of benzene rings is 1. The molecule has 3 heteroatoms. The molecule has 2 N–H and O–H groups in total. The highest BCUT2D eigenvalue weighted by atomic mass is 16.5. The summed E-state index contributed by atoms with van der Waals surface area (Å²) >= 11 is 0. The van der Waals surface area contributed by atoms with Crippen molar-refractivity contribution in [2.75, 3.05) is 6.61 Å². The van der Waals surface area contributed by atoms with Gasteiger partial charge in [-0.2, -0.15) is 0 Å². The highest BCUT2D eigenvalue weighted by Gasteiger charge is 2.40. The fraction of sp³-hybridized carbons (Fsp3) is 0.538. The van der Waals surface area contributed by atoms with E-state index in [-0.39, 0.29) is 6.61 Å². The molecule has 0 amide bonds. The first-order valence-electron chi connectivity index (χ1n) is 5.73. The lowest BCUT2D eigenvalue weighted by Gasteiger charge is -2.26. The second-order valence-corrected chi connectivity index (χ2v) is 4.49. The average Bonchev–Trinajstić information content (AvgIpc) is 2.61. The Hall–Kier alpha value is -0.900. The van der Waals surface area contributed by atoms with E-state index in [0.29, 0.717) is 19.4 Å². The highest BCUT2D eigenvalue weighted by molar-refractivity contribution is 5.13. The highest BCUT2D eigenvalue weighted by Crippen LogP contribution is 2.30. The third-order valence-corrected chi connectivity index (χ3v) is 3.17. The minimum absolute atomic E-state index is 0.211. The van der Waals surface area contributed by atoms with Crippen molar-refractivity contribution in [3.05, 3.63) is 35.9 Å². The monoisotopic (exact) mass is 222 g/mol. The van der Waals surface area contributed by atoms with Crippen LogP contribution in [0.4, 0.5) is 0 Å². The molecule has 0 aromatic heterocycles. The quantitative estimate of drug-likeness (QED) is 0.811. The Morgan fingerprint density at radius 3 is 2.69 bits per heavy atom. The van der Waals surface area contributed by atoms with E-state index >= 15 is 0 Å². The zero-order valence-corrected chi connectivity index (χ0v) is 9.30. The van der Waals surface area contributed by atoms with Gasteiger partial charge in [0.1, 0.15) is 5.60 Å². The van der Waals surface area contributed by atoms with Crippen LogP contribution in [0.3, 0.4) is 0 Å². The van der Waals surface area contributed by atoms with E-state index in [2.05, 4.69) is 0 Å². The maximum atomic E-state index is 10.1. The maximum absolute atomic E-state index is 10.1. The number of ether oxygens (including phenoxy) is 1. The summed E-state index contributed by atoms with van der Waals surface area (Å²) in [7, 11) is 0. The number of hydrogen-bond donors (Lipinski definition) is 2. The minimum atomic E-state index is -1.03. The van der Waals surface area contributed by atoms with Gasteiger partial charge >= 0.3 is 0 Å². The third-order valence-electron chi connectivity index (χ3n) is 3.17. The molecule has 16 heavy (non-hydrogen) atoms. The first-order valence-corrected chi connectivity index (χ1v) is 5.73. The summed E-state index contributed by atoms with van der Waals surface area (Å²) in [5.41, 5.74) is 0.0491. The molecule has 2 unspecified atom stereocenters. The van der Waals surface area contributed by atoms with Crippen molar-refractivity contribution in [3.8, 4) is 0 Å². The number of aliphatic hydroxyl groups is 2. The Morgan fingerprint density at radius 2 is 2.06 bits per heavy atom. The molecule has 2 rings (SSSR count). The predicted octanol–water partition coefficient (Wildman–Crippen LogP) is 1.48. The van der Waals surface area contributed by atoms with Crippen molar-refractivity contribution < 1.29 is 14.9 Å². The van der Waals surface area contributed by atoms with Gasteiger partial charge in [-0.3, -0.25) is 0 Å². The molecule has 0 spiro atoms. The summed E-state index contributed by atoms with van der Waals surface area (Å²) in [5.74, 6) is 0. The third kappa shape index (κ3) is 2.61. The average molecular weight is 222 g/mol. The Balaban J connectivity index is 1.80. The van der Waals surface area contributed by atoms with Crippen molar-refractivity contribution in [2.24, 2.45) is 0 Å². The fourth-order valence-corrected chi connectivity index (χ4v) is 2.13. The van der Waals surface area contributed by atoms with Crippen molar-refractivity contribution in [1.82, 2.24) is 0 Å². The summed E-state index contributed by atoms with van der Waals surface area (Å²) in [6, 6.07) is 9.83. The van der Waals surface area contributed by atoms with Crippen LogP contribution >= 0.6 is 0 Å². The lowest BCUT2D eigenvalue weighted by Crippen LogP contribution is -2.41. The molecule has 88 valence electrons. The van der Waals surface area contributed by atoms with Gasteiger partial charge in [-0.25, -0.2) is 0 Å². The largest absolute Gasteiger partial charge is 0.390 e. The summed E-state index contributed by atoms with van der Waals surface area (Å²) in [6.07, 6.45) is 1.53. The van der Waals surface area contributed by atoms with E-state index < -0.39 is 11.7 Å². The van der Waals surface area contributed by atoms with Crippen LogP contribution in [0.15, 0.2) is 30.3 Å². The normalized spacial score (nSPS) is 29.5. The Morgan fingerprint density at radius 1 is 1.31 bits per heavy atom. The van der Waals surface area contributed by atoms with Crippen LogP contribution in [0, 0.1) is 0 Å². The zero-order chi connectivity index (χ0) is 11.4. The Kier molecular flexibility index (Phi) is 3.59. The van der Waals surface area contributed by atoms with Crippen molar-refractivity contribution in [2.45, 2.75) is 37.6 Å². The van der Waals surface area contributed by atoms with Gasteiger partial charge in [0.25, 0.3) is 0 Å². The van der Waals surface area contributed by atoms with E-state index in [1.54, 1.807) is 0 Å². The van der Waals surface area contributed by atoms with Crippen LogP contribution in [-0.2, 0) is 11.3 Å². The minimum Gasteiger partial charge on any atom is -0.390 e. The molecule has 1 saturated carbocycles. The lowest BCUT2D eigenvalue weighted by atomic mass is 10.0. The smallest absolute Gasteiger partial charge is 0.114 e. The molecule has 1 fully saturated rings. The second kappa shape index (κ2) is 4.95. The number of hydrogen-bond acceptors (Lipinski definition) is 3. The molecule has 0 saturated heterocycles.